The Labute approximate surface area is 177 Å². The van der Waals surface area contributed by atoms with Crippen molar-refractivity contribution in [2.45, 2.75) is 32.1 Å². The van der Waals surface area contributed by atoms with Crippen molar-refractivity contribution in [1.29, 1.82) is 0 Å². The minimum Gasteiger partial charge on any atom is -0.457 e. The zero-order valence-electron chi connectivity index (χ0n) is 15.1. The lowest BCUT2D eigenvalue weighted by Gasteiger charge is -2.25. The Bertz CT molecular complexity index is 947. The number of furan rings is 1. The number of thioether (sulfide) groups is 1. The Morgan fingerprint density at radius 3 is 2.68 bits per heavy atom. The molecule has 1 aliphatic heterocycles. The predicted octanol–water partition coefficient (Wildman–Crippen LogP) is 6.87. The lowest BCUT2D eigenvalue weighted by atomic mass is 9.89. The van der Waals surface area contributed by atoms with Crippen molar-refractivity contribution in [3.05, 3.63) is 51.0 Å². The summed E-state index contributed by atoms with van der Waals surface area (Å²) in [5, 5.41) is 0.658. The van der Waals surface area contributed by atoms with Crippen LogP contribution in [-0.4, -0.2) is 22.6 Å². The highest BCUT2D eigenvalue weighted by molar-refractivity contribution is 8.18. The highest BCUT2D eigenvalue weighted by atomic mass is 35.5. The quantitative estimate of drug-likeness (QED) is 0.491. The monoisotopic (exact) mass is 435 g/mol. The molecule has 4 rings (SSSR count). The van der Waals surface area contributed by atoms with Gasteiger partial charge in [0.2, 0.25) is 0 Å². The van der Waals surface area contributed by atoms with Gasteiger partial charge in [-0.05, 0) is 54.8 Å². The van der Waals surface area contributed by atoms with Gasteiger partial charge < -0.3 is 4.42 Å². The van der Waals surface area contributed by atoms with Gasteiger partial charge in [0.1, 0.15) is 11.5 Å². The molecule has 7 heteroatoms. The van der Waals surface area contributed by atoms with E-state index in [0.717, 1.165) is 24.6 Å². The number of carbonyl (C=O) groups excluding carboxylic acids is 2. The SMILES string of the molecule is O=C1S/C(=C\c2ccc(-c3cccc(Cl)c3Cl)o2)C(=O)N1CC1CCCCC1. The van der Waals surface area contributed by atoms with E-state index in [-0.39, 0.29) is 11.1 Å². The number of benzene rings is 1. The zero-order chi connectivity index (χ0) is 19.7. The van der Waals surface area contributed by atoms with Crippen LogP contribution in [0.5, 0.6) is 0 Å². The minimum atomic E-state index is -0.237. The Hall–Kier alpha value is -1.69. The number of nitrogens with zero attached hydrogens (tertiary/aromatic N) is 1. The van der Waals surface area contributed by atoms with Crippen molar-refractivity contribution in [2.24, 2.45) is 5.92 Å². The Morgan fingerprint density at radius 1 is 1.11 bits per heavy atom. The average Bonchev–Trinajstić information content (AvgIpc) is 3.25. The van der Waals surface area contributed by atoms with Gasteiger partial charge in [-0.3, -0.25) is 14.5 Å². The molecule has 2 aromatic rings. The van der Waals surface area contributed by atoms with Crippen LogP contribution < -0.4 is 0 Å². The average molecular weight is 436 g/mol. The van der Waals surface area contributed by atoms with Gasteiger partial charge in [-0.15, -0.1) is 0 Å². The molecule has 0 N–H and O–H groups in total. The third-order valence-electron chi connectivity index (χ3n) is 5.16. The fraction of sp³-hybridized carbons (Fsp3) is 0.333. The number of halogens is 2. The Kier molecular flexibility index (Phi) is 5.85. The number of carbonyl (C=O) groups is 2. The van der Waals surface area contributed by atoms with E-state index in [1.807, 2.05) is 6.07 Å². The van der Waals surface area contributed by atoms with Crippen molar-refractivity contribution in [1.82, 2.24) is 4.90 Å². The topological polar surface area (TPSA) is 50.5 Å². The minimum absolute atomic E-state index is 0.202. The van der Waals surface area contributed by atoms with Crippen molar-refractivity contribution in [3.8, 4) is 11.3 Å². The van der Waals surface area contributed by atoms with Gasteiger partial charge in [-0.25, -0.2) is 0 Å². The number of hydrogen-bond acceptors (Lipinski definition) is 4. The van der Waals surface area contributed by atoms with Gasteiger partial charge in [0, 0.05) is 18.2 Å². The maximum atomic E-state index is 12.7. The summed E-state index contributed by atoms with van der Waals surface area (Å²) in [7, 11) is 0. The van der Waals surface area contributed by atoms with E-state index in [1.54, 1.807) is 30.3 Å². The van der Waals surface area contributed by atoms with Gasteiger partial charge >= 0.3 is 0 Å². The number of amides is 2. The van der Waals surface area contributed by atoms with Crippen molar-refractivity contribution < 1.29 is 14.0 Å². The first kappa shape index (κ1) is 19.6. The third-order valence-corrected chi connectivity index (χ3v) is 6.88. The third kappa shape index (κ3) is 4.02. The largest absolute Gasteiger partial charge is 0.457 e. The summed E-state index contributed by atoms with van der Waals surface area (Å²) in [5.41, 5.74) is 0.680. The maximum Gasteiger partial charge on any atom is 0.293 e. The van der Waals surface area contributed by atoms with Gasteiger partial charge in [0.05, 0.1) is 15.0 Å². The molecule has 2 aliphatic rings. The van der Waals surface area contributed by atoms with E-state index < -0.39 is 0 Å². The molecule has 1 saturated heterocycles. The van der Waals surface area contributed by atoms with E-state index in [2.05, 4.69) is 0 Å². The standard InChI is InChI=1S/C21H19Cl2NO3S/c22-16-8-4-7-15(19(16)23)17-10-9-14(27-17)11-18-20(25)24(21(26)28-18)12-13-5-2-1-3-6-13/h4,7-11,13H,1-3,5-6,12H2/b18-11-. The molecular weight excluding hydrogens is 417 g/mol. The maximum absolute atomic E-state index is 12.7. The van der Waals surface area contributed by atoms with E-state index in [9.17, 15) is 9.59 Å². The molecule has 146 valence electrons. The molecule has 2 heterocycles. The van der Waals surface area contributed by atoms with Crippen LogP contribution in [0.25, 0.3) is 17.4 Å². The van der Waals surface area contributed by atoms with Crippen LogP contribution in [0.2, 0.25) is 10.0 Å². The molecule has 1 saturated carbocycles. The Balaban J connectivity index is 1.51. The molecule has 0 bridgehead atoms. The van der Waals surface area contributed by atoms with Crippen LogP contribution in [0.3, 0.4) is 0 Å². The lowest BCUT2D eigenvalue weighted by molar-refractivity contribution is -0.123. The van der Waals surface area contributed by atoms with E-state index >= 15 is 0 Å². The molecule has 28 heavy (non-hydrogen) atoms. The molecule has 1 aromatic heterocycles. The van der Waals surface area contributed by atoms with Crippen LogP contribution in [0.4, 0.5) is 4.79 Å². The highest BCUT2D eigenvalue weighted by Crippen LogP contribution is 2.37. The highest BCUT2D eigenvalue weighted by Gasteiger charge is 2.36. The summed E-state index contributed by atoms with van der Waals surface area (Å²) >= 11 is 13.3. The molecule has 4 nitrogen and oxygen atoms in total. The molecule has 2 amide bonds. The second kappa shape index (κ2) is 8.36. The van der Waals surface area contributed by atoms with Crippen molar-refractivity contribution in [2.75, 3.05) is 6.54 Å². The smallest absolute Gasteiger partial charge is 0.293 e. The first-order chi connectivity index (χ1) is 13.5. The van der Waals surface area contributed by atoms with Crippen LogP contribution in [0.15, 0.2) is 39.7 Å². The molecule has 0 unspecified atom stereocenters. The van der Waals surface area contributed by atoms with Gasteiger partial charge in [-0.2, -0.15) is 0 Å². The molecule has 0 spiro atoms. The molecule has 1 aliphatic carbocycles. The molecule has 0 radical (unpaired) electrons. The first-order valence-corrected chi connectivity index (χ1v) is 10.9. The van der Waals surface area contributed by atoms with Gasteiger partial charge in [0.15, 0.2) is 0 Å². The summed E-state index contributed by atoms with van der Waals surface area (Å²) < 4.78 is 5.82. The second-order valence-electron chi connectivity index (χ2n) is 7.10. The molecule has 1 aromatic carbocycles. The second-order valence-corrected chi connectivity index (χ2v) is 8.88. The molecular formula is C21H19Cl2NO3S. The zero-order valence-corrected chi connectivity index (χ0v) is 17.4. The summed E-state index contributed by atoms with van der Waals surface area (Å²) in [6, 6.07) is 8.84. The van der Waals surface area contributed by atoms with E-state index in [0.29, 0.717) is 44.5 Å². The van der Waals surface area contributed by atoms with Crippen LogP contribution in [0, 0.1) is 5.92 Å². The fourth-order valence-corrected chi connectivity index (χ4v) is 4.91. The summed E-state index contributed by atoms with van der Waals surface area (Å²) in [5.74, 6) is 1.23. The normalized spacial score (nSPS) is 19.8. The Morgan fingerprint density at radius 2 is 1.89 bits per heavy atom. The number of rotatable bonds is 4. The molecule has 2 fully saturated rings. The fourth-order valence-electron chi connectivity index (χ4n) is 3.68. The first-order valence-electron chi connectivity index (χ1n) is 9.32. The van der Waals surface area contributed by atoms with E-state index in [4.69, 9.17) is 27.6 Å². The van der Waals surface area contributed by atoms with Crippen molar-refractivity contribution >= 4 is 52.2 Å². The van der Waals surface area contributed by atoms with Crippen molar-refractivity contribution in [3.63, 3.8) is 0 Å². The summed E-state index contributed by atoms with van der Waals surface area (Å²) in [6.07, 6.45) is 7.39. The predicted molar refractivity (Wildman–Crippen MR) is 113 cm³/mol. The number of imide groups is 1. The number of hydrogen-bond donors (Lipinski definition) is 0. The van der Waals surface area contributed by atoms with E-state index in [1.165, 1.54) is 24.2 Å². The van der Waals surface area contributed by atoms with Gasteiger partial charge in [0.25, 0.3) is 11.1 Å². The van der Waals surface area contributed by atoms with Crippen LogP contribution in [0.1, 0.15) is 37.9 Å². The molecule has 0 atom stereocenters. The summed E-state index contributed by atoms with van der Waals surface area (Å²) in [4.78, 5) is 26.8. The summed E-state index contributed by atoms with van der Waals surface area (Å²) in [6.45, 7) is 0.517. The van der Waals surface area contributed by atoms with Gasteiger partial charge in [-0.1, -0.05) is 48.5 Å². The van der Waals surface area contributed by atoms with Crippen LogP contribution in [-0.2, 0) is 4.79 Å². The van der Waals surface area contributed by atoms with Crippen LogP contribution >= 0.6 is 35.0 Å². The lowest BCUT2D eigenvalue weighted by Crippen LogP contribution is -2.34.